The van der Waals surface area contributed by atoms with Crippen molar-refractivity contribution in [3.05, 3.63) is 86.7 Å². The Bertz CT molecular complexity index is 1460. The molecule has 9 heteroatoms. The zero-order chi connectivity index (χ0) is 27.9. The van der Waals surface area contributed by atoms with Crippen molar-refractivity contribution in [2.45, 2.75) is 39.2 Å². The van der Waals surface area contributed by atoms with Crippen molar-refractivity contribution in [3.63, 3.8) is 0 Å². The number of imidazole rings is 1. The standard InChI is InChI=1S/C30H32BrClN3O4/c1-19(15-20-9-11-26(38-3)30(39-4)29(20)32)8-13-28(36)33-18-23-24(35-14-6-5-7-27(35)34-23)17-21-16-22(31)10-12-25(21)37-2/h5-7,9-12,14,16,19H,8,13,15,17-18H2,1-4H3. The van der Waals surface area contributed by atoms with Crippen LogP contribution in [0.4, 0.5) is 0 Å². The summed E-state index contributed by atoms with van der Waals surface area (Å²) in [5.74, 6) is 2.01. The second-order valence-corrected chi connectivity index (χ2v) is 10.7. The molecule has 0 spiro atoms. The van der Waals surface area contributed by atoms with Crippen LogP contribution in [0.25, 0.3) is 5.65 Å². The number of hydrogen-bond donors (Lipinski definition) is 0. The Hall–Kier alpha value is -3.23. The minimum absolute atomic E-state index is 0.136. The molecule has 1 atom stereocenters. The second-order valence-electron chi connectivity index (χ2n) is 9.40. The summed E-state index contributed by atoms with van der Waals surface area (Å²) < 4.78 is 19.3. The van der Waals surface area contributed by atoms with Crippen molar-refractivity contribution in [3.8, 4) is 17.2 Å². The van der Waals surface area contributed by atoms with Crippen LogP contribution in [0.2, 0.25) is 5.02 Å². The molecule has 7 nitrogen and oxygen atoms in total. The Kier molecular flexibility index (Phi) is 9.75. The third-order valence-electron chi connectivity index (χ3n) is 6.70. The Labute approximate surface area is 242 Å². The van der Waals surface area contributed by atoms with Gasteiger partial charge in [-0.05, 0) is 60.7 Å². The van der Waals surface area contributed by atoms with Gasteiger partial charge < -0.3 is 18.6 Å². The number of pyridine rings is 1. The maximum atomic E-state index is 12.8. The molecule has 1 unspecified atom stereocenters. The zero-order valence-electron chi connectivity index (χ0n) is 22.5. The number of halogens is 2. The lowest BCUT2D eigenvalue weighted by Crippen LogP contribution is -2.17. The van der Waals surface area contributed by atoms with Crippen LogP contribution < -0.4 is 19.5 Å². The van der Waals surface area contributed by atoms with Gasteiger partial charge in [0.1, 0.15) is 11.4 Å². The molecule has 1 amide bonds. The summed E-state index contributed by atoms with van der Waals surface area (Å²) in [4.78, 5) is 17.5. The molecule has 0 saturated heterocycles. The van der Waals surface area contributed by atoms with E-state index in [1.54, 1.807) is 21.3 Å². The summed E-state index contributed by atoms with van der Waals surface area (Å²) in [6, 6.07) is 15.6. The van der Waals surface area contributed by atoms with E-state index in [2.05, 4.69) is 28.2 Å². The van der Waals surface area contributed by atoms with Gasteiger partial charge in [-0.3, -0.25) is 4.79 Å². The van der Waals surface area contributed by atoms with E-state index >= 15 is 0 Å². The summed E-state index contributed by atoms with van der Waals surface area (Å²) in [6.07, 6.45) is 4.34. The fourth-order valence-corrected chi connectivity index (χ4v) is 5.37. The van der Waals surface area contributed by atoms with E-state index in [1.807, 2.05) is 59.1 Å². The van der Waals surface area contributed by atoms with Crippen LogP contribution in [0, 0.1) is 5.92 Å². The van der Waals surface area contributed by atoms with Gasteiger partial charge in [-0.25, -0.2) is 10.3 Å². The van der Waals surface area contributed by atoms with Crippen molar-refractivity contribution in [1.29, 1.82) is 0 Å². The number of amides is 1. The summed E-state index contributed by atoms with van der Waals surface area (Å²) in [5.41, 5.74) is 4.56. The van der Waals surface area contributed by atoms with Gasteiger partial charge in [-0.1, -0.05) is 46.6 Å². The summed E-state index contributed by atoms with van der Waals surface area (Å²) >= 11 is 10.1. The lowest BCUT2D eigenvalue weighted by Gasteiger charge is -2.16. The molecule has 1 radical (unpaired) electrons. The Morgan fingerprint density at radius 2 is 1.82 bits per heavy atom. The SMILES string of the molecule is COc1ccc(Br)cc1Cc1c(C[N]C(=O)CCC(C)Cc2ccc(OC)c(OC)c2Cl)nc2ccccn12. The Balaban J connectivity index is 1.40. The normalized spacial score (nSPS) is 11.8. The van der Waals surface area contributed by atoms with Gasteiger partial charge in [-0.15, -0.1) is 0 Å². The average molecular weight is 614 g/mol. The largest absolute Gasteiger partial charge is 0.496 e. The minimum Gasteiger partial charge on any atom is -0.496 e. The number of aromatic nitrogens is 2. The number of hydrogen-bond acceptors (Lipinski definition) is 5. The lowest BCUT2D eigenvalue weighted by atomic mass is 9.96. The molecule has 0 bridgehead atoms. The monoisotopic (exact) mass is 612 g/mol. The predicted octanol–water partition coefficient (Wildman–Crippen LogP) is 6.66. The van der Waals surface area contributed by atoms with Crippen LogP contribution >= 0.6 is 27.5 Å². The Morgan fingerprint density at radius 3 is 2.56 bits per heavy atom. The third-order valence-corrected chi connectivity index (χ3v) is 7.61. The molecule has 2 heterocycles. The number of methoxy groups -OCH3 is 3. The average Bonchev–Trinajstić information content (AvgIpc) is 3.29. The molecule has 0 aliphatic carbocycles. The molecule has 2 aromatic heterocycles. The molecule has 0 saturated carbocycles. The quantitative estimate of drug-likeness (QED) is 0.179. The van der Waals surface area contributed by atoms with E-state index in [0.717, 1.165) is 44.8 Å². The molecular weight excluding hydrogens is 582 g/mol. The number of carbonyl (C=O) groups is 1. The van der Waals surface area contributed by atoms with Crippen LogP contribution in [0.3, 0.4) is 0 Å². The number of rotatable bonds is 12. The third kappa shape index (κ3) is 6.86. The first kappa shape index (κ1) is 28.8. The fraction of sp³-hybridized carbons (Fsp3) is 0.333. The molecule has 4 aromatic rings. The van der Waals surface area contributed by atoms with E-state index in [-0.39, 0.29) is 18.4 Å². The first-order chi connectivity index (χ1) is 18.8. The molecular formula is C30H32BrClN3O4. The van der Waals surface area contributed by atoms with Crippen molar-refractivity contribution in [2.24, 2.45) is 5.92 Å². The summed E-state index contributed by atoms with van der Waals surface area (Å²) in [6.45, 7) is 2.33. The first-order valence-electron chi connectivity index (χ1n) is 12.7. The first-order valence-corrected chi connectivity index (χ1v) is 13.9. The number of benzene rings is 2. The van der Waals surface area contributed by atoms with Crippen LogP contribution in [-0.2, 0) is 24.2 Å². The van der Waals surface area contributed by atoms with Crippen molar-refractivity contribution in [2.75, 3.05) is 21.3 Å². The van der Waals surface area contributed by atoms with Gasteiger partial charge in [0.15, 0.2) is 11.5 Å². The van der Waals surface area contributed by atoms with Gasteiger partial charge in [0, 0.05) is 29.1 Å². The molecule has 2 aromatic carbocycles. The summed E-state index contributed by atoms with van der Waals surface area (Å²) in [7, 11) is 4.81. The van der Waals surface area contributed by atoms with E-state index in [4.69, 9.17) is 30.8 Å². The van der Waals surface area contributed by atoms with Crippen molar-refractivity contribution in [1.82, 2.24) is 14.7 Å². The van der Waals surface area contributed by atoms with E-state index < -0.39 is 0 Å². The summed E-state index contributed by atoms with van der Waals surface area (Å²) in [5, 5.41) is 4.92. The minimum atomic E-state index is -0.136. The highest BCUT2D eigenvalue weighted by molar-refractivity contribution is 9.10. The molecule has 205 valence electrons. The topological polar surface area (TPSA) is 76.2 Å². The van der Waals surface area contributed by atoms with Crippen LogP contribution in [-0.4, -0.2) is 36.6 Å². The van der Waals surface area contributed by atoms with Crippen molar-refractivity contribution < 1.29 is 19.0 Å². The highest BCUT2D eigenvalue weighted by atomic mass is 79.9. The molecule has 39 heavy (non-hydrogen) atoms. The zero-order valence-corrected chi connectivity index (χ0v) is 24.9. The smallest absolute Gasteiger partial charge is 0.241 e. The van der Waals surface area contributed by atoms with E-state index in [9.17, 15) is 4.79 Å². The van der Waals surface area contributed by atoms with Gasteiger partial charge in [0.05, 0.1) is 44.3 Å². The van der Waals surface area contributed by atoms with E-state index in [0.29, 0.717) is 35.8 Å². The van der Waals surface area contributed by atoms with Crippen molar-refractivity contribution >= 4 is 39.1 Å². The number of fused-ring (bicyclic) bond motifs is 1. The van der Waals surface area contributed by atoms with Gasteiger partial charge in [0.2, 0.25) is 5.91 Å². The molecule has 4 rings (SSSR count). The molecule has 0 N–H and O–H groups in total. The van der Waals surface area contributed by atoms with Gasteiger partial charge in [-0.2, -0.15) is 0 Å². The van der Waals surface area contributed by atoms with E-state index in [1.165, 1.54) is 0 Å². The maximum Gasteiger partial charge on any atom is 0.241 e. The predicted molar refractivity (Wildman–Crippen MR) is 156 cm³/mol. The lowest BCUT2D eigenvalue weighted by molar-refractivity contribution is -0.121. The molecule has 0 fully saturated rings. The highest BCUT2D eigenvalue weighted by Gasteiger charge is 2.18. The number of carbonyl (C=O) groups excluding carboxylic acids is 1. The van der Waals surface area contributed by atoms with Crippen LogP contribution in [0.1, 0.15) is 42.3 Å². The van der Waals surface area contributed by atoms with Gasteiger partial charge in [0.25, 0.3) is 0 Å². The van der Waals surface area contributed by atoms with Crippen LogP contribution in [0.5, 0.6) is 17.2 Å². The fourth-order valence-electron chi connectivity index (χ4n) is 4.65. The maximum absolute atomic E-state index is 12.8. The van der Waals surface area contributed by atoms with Crippen LogP contribution in [0.15, 0.2) is 59.2 Å². The molecule has 0 aliphatic heterocycles. The number of ether oxygens (including phenoxy) is 3. The van der Waals surface area contributed by atoms with Gasteiger partial charge >= 0.3 is 0 Å². The highest BCUT2D eigenvalue weighted by Crippen LogP contribution is 2.38. The molecule has 0 aliphatic rings. The second kappa shape index (κ2) is 13.2. The number of nitrogens with zero attached hydrogens (tertiary/aromatic N) is 3. The Morgan fingerprint density at radius 1 is 1.05 bits per heavy atom.